The number of aryl methyl sites for hydroxylation is 3. The molecule has 0 fully saturated rings. The molecule has 1 aromatic heterocycles. The van der Waals surface area contributed by atoms with E-state index in [0.717, 1.165) is 22.8 Å². The van der Waals surface area contributed by atoms with Crippen molar-refractivity contribution in [2.24, 2.45) is 0 Å². The lowest BCUT2D eigenvalue weighted by atomic mass is 10.1. The molecule has 2 N–H and O–H groups in total. The SMILES string of the molecule is CCc1nc2cc(C(F)(F)F)c(Cl)cc2n1-c1ccc(C[C@H](C)OC(=O)NS(=O)(=O)c2ccc(C)cc2)cc1.Cc1ccc(S(=O)(=O)O)cc1. The number of carbonyl (C=O) groups excluding carboxylic acids is 1. The molecule has 10 nitrogen and oxygen atoms in total. The van der Waals surface area contributed by atoms with Crippen LogP contribution in [0.5, 0.6) is 0 Å². The lowest BCUT2D eigenvalue weighted by Gasteiger charge is -2.15. The topological polar surface area (TPSA) is 145 Å². The number of ether oxygens (including phenoxy) is 1. The minimum Gasteiger partial charge on any atom is -0.445 e. The van der Waals surface area contributed by atoms with E-state index in [-0.39, 0.29) is 15.3 Å². The summed E-state index contributed by atoms with van der Waals surface area (Å²) >= 11 is 5.96. The van der Waals surface area contributed by atoms with Crippen molar-refractivity contribution in [3.8, 4) is 5.69 Å². The number of alkyl halides is 3. The first-order chi connectivity index (χ1) is 23.3. The molecule has 0 bridgehead atoms. The van der Waals surface area contributed by atoms with Crippen LogP contribution in [0.2, 0.25) is 5.02 Å². The first-order valence-electron chi connectivity index (χ1n) is 15.0. The smallest absolute Gasteiger partial charge is 0.421 e. The molecule has 4 aromatic carbocycles. The van der Waals surface area contributed by atoms with Gasteiger partial charge in [-0.1, -0.05) is 66.0 Å². The summed E-state index contributed by atoms with van der Waals surface area (Å²) in [6, 6.07) is 21.4. The number of hydrogen-bond donors (Lipinski definition) is 2. The Morgan fingerprint density at radius 3 is 1.96 bits per heavy atom. The number of rotatable bonds is 8. The summed E-state index contributed by atoms with van der Waals surface area (Å²) in [5.74, 6) is 0.566. The number of fused-ring (bicyclic) bond motifs is 1. The molecular formula is C34H33ClF3N3O7S2. The first-order valence-corrected chi connectivity index (χ1v) is 18.3. The Labute approximate surface area is 292 Å². The molecule has 0 aliphatic heterocycles. The van der Waals surface area contributed by atoms with Crippen LogP contribution in [0.3, 0.4) is 0 Å². The van der Waals surface area contributed by atoms with E-state index in [9.17, 15) is 34.8 Å². The second-order valence-electron chi connectivity index (χ2n) is 11.3. The Bertz CT molecular complexity index is 2210. The molecule has 1 atom stereocenters. The molecule has 0 aliphatic carbocycles. The van der Waals surface area contributed by atoms with Crippen molar-refractivity contribution in [1.82, 2.24) is 14.3 Å². The number of benzene rings is 4. The van der Waals surface area contributed by atoms with Gasteiger partial charge in [0.05, 0.1) is 31.4 Å². The number of amides is 1. The number of imidazole rings is 1. The first kappa shape index (κ1) is 38.4. The second kappa shape index (κ2) is 15.2. The third-order valence-electron chi connectivity index (χ3n) is 7.33. The molecule has 5 aromatic rings. The number of aromatic nitrogens is 2. The number of nitrogens with one attached hydrogen (secondary N) is 1. The van der Waals surface area contributed by atoms with Crippen LogP contribution in [0.4, 0.5) is 18.0 Å². The normalized spacial score (nSPS) is 12.6. The number of carbonyl (C=O) groups is 1. The number of halogens is 4. The Balaban J connectivity index is 0.000000435. The highest BCUT2D eigenvalue weighted by Crippen LogP contribution is 2.38. The van der Waals surface area contributed by atoms with Gasteiger partial charge in [0, 0.05) is 18.5 Å². The van der Waals surface area contributed by atoms with E-state index >= 15 is 0 Å². The van der Waals surface area contributed by atoms with Gasteiger partial charge in [-0.05, 0) is 74.9 Å². The van der Waals surface area contributed by atoms with Crippen molar-refractivity contribution in [3.05, 3.63) is 118 Å². The number of hydrogen-bond acceptors (Lipinski definition) is 7. The summed E-state index contributed by atoms with van der Waals surface area (Å²) in [7, 11) is -8.09. The molecule has 1 amide bonds. The van der Waals surface area contributed by atoms with Gasteiger partial charge >= 0.3 is 12.3 Å². The van der Waals surface area contributed by atoms with Gasteiger partial charge in [0.15, 0.2) is 0 Å². The predicted octanol–water partition coefficient (Wildman–Crippen LogP) is 7.86. The van der Waals surface area contributed by atoms with Crippen molar-refractivity contribution in [1.29, 1.82) is 0 Å². The van der Waals surface area contributed by atoms with Crippen LogP contribution in [0.25, 0.3) is 16.7 Å². The van der Waals surface area contributed by atoms with Crippen LogP contribution in [0.1, 0.15) is 41.9 Å². The zero-order valence-corrected chi connectivity index (χ0v) is 29.6. The van der Waals surface area contributed by atoms with Crippen molar-refractivity contribution in [2.75, 3.05) is 0 Å². The maximum atomic E-state index is 13.3. The van der Waals surface area contributed by atoms with Crippen molar-refractivity contribution < 1.29 is 44.1 Å². The average molecular weight is 752 g/mol. The van der Waals surface area contributed by atoms with Gasteiger partial charge in [-0.2, -0.15) is 21.6 Å². The maximum Gasteiger partial charge on any atom is 0.421 e. The fourth-order valence-corrected chi connectivity index (χ4v) is 6.47. The maximum absolute atomic E-state index is 13.3. The van der Waals surface area contributed by atoms with Crippen molar-refractivity contribution in [2.45, 2.75) is 62.6 Å². The van der Waals surface area contributed by atoms with Crippen LogP contribution in [0.15, 0.2) is 94.7 Å². The Kier molecular flexibility index (Phi) is 11.7. The lowest BCUT2D eigenvalue weighted by molar-refractivity contribution is -0.137. The molecule has 1 heterocycles. The molecule has 0 aliphatic rings. The molecule has 0 spiro atoms. The van der Waals surface area contributed by atoms with E-state index in [1.54, 1.807) is 60.0 Å². The van der Waals surface area contributed by atoms with Gasteiger partial charge in [0.2, 0.25) is 0 Å². The van der Waals surface area contributed by atoms with Gasteiger partial charge in [-0.15, -0.1) is 0 Å². The second-order valence-corrected chi connectivity index (χ2v) is 14.8. The van der Waals surface area contributed by atoms with E-state index in [4.69, 9.17) is 20.9 Å². The van der Waals surface area contributed by atoms with Crippen molar-refractivity contribution >= 4 is 48.9 Å². The highest BCUT2D eigenvalue weighted by atomic mass is 35.5. The van der Waals surface area contributed by atoms with E-state index in [1.807, 2.05) is 25.5 Å². The molecule has 5 rings (SSSR count). The van der Waals surface area contributed by atoms with Crippen molar-refractivity contribution in [3.63, 3.8) is 0 Å². The Morgan fingerprint density at radius 2 is 1.46 bits per heavy atom. The van der Waals surface area contributed by atoms with E-state index < -0.39 is 49.1 Å². The minimum absolute atomic E-state index is 0.0531. The monoisotopic (exact) mass is 751 g/mol. The van der Waals surface area contributed by atoms with Gasteiger partial charge in [-0.3, -0.25) is 9.12 Å². The van der Waals surface area contributed by atoms with Gasteiger partial charge in [-0.25, -0.2) is 22.9 Å². The summed E-state index contributed by atoms with van der Waals surface area (Å²) in [6.07, 6.45) is -5.56. The predicted molar refractivity (Wildman–Crippen MR) is 183 cm³/mol. The largest absolute Gasteiger partial charge is 0.445 e. The standard InChI is InChI=1S/C27H25ClF3N3O4S.C7H8O3S/c1-4-25-32-23-14-21(27(29,30)31)22(28)15-24(23)34(25)19-9-7-18(8-10-19)13-17(3)38-26(35)33-39(36,37)20-11-5-16(2)6-12-20;1-6-2-4-7(5-3-6)11(8,9)10/h5-12,14-15,17H,4,13H2,1-3H3,(H,33,35);2-5H,1H3,(H,8,9,10)/t17-;/m0./s1. The molecule has 0 saturated carbocycles. The number of sulfonamides is 1. The highest BCUT2D eigenvalue weighted by molar-refractivity contribution is 7.90. The van der Waals surface area contributed by atoms with Crippen LogP contribution >= 0.6 is 11.6 Å². The lowest BCUT2D eigenvalue weighted by Crippen LogP contribution is -2.33. The summed E-state index contributed by atoms with van der Waals surface area (Å²) in [6.45, 7) is 7.13. The minimum atomic E-state index is -4.59. The zero-order chi connectivity index (χ0) is 37.0. The third-order valence-corrected chi connectivity index (χ3v) is 9.84. The zero-order valence-electron chi connectivity index (χ0n) is 27.2. The van der Waals surface area contributed by atoms with E-state index in [0.29, 0.717) is 29.9 Å². The van der Waals surface area contributed by atoms with Crippen LogP contribution < -0.4 is 4.72 Å². The van der Waals surface area contributed by atoms with Gasteiger partial charge in [0.25, 0.3) is 20.1 Å². The summed E-state index contributed by atoms with van der Waals surface area (Å²) in [5, 5.41) is -0.413. The molecule has 0 saturated heterocycles. The molecule has 0 unspecified atom stereocenters. The van der Waals surface area contributed by atoms with E-state index in [1.165, 1.54) is 30.3 Å². The fourth-order valence-electron chi connectivity index (χ4n) is 4.85. The highest BCUT2D eigenvalue weighted by Gasteiger charge is 2.34. The quantitative estimate of drug-likeness (QED) is 0.153. The molecule has 266 valence electrons. The summed E-state index contributed by atoms with van der Waals surface area (Å²) in [5.41, 5.74) is 2.98. The third kappa shape index (κ3) is 9.62. The average Bonchev–Trinajstić information content (AvgIpc) is 3.38. The van der Waals surface area contributed by atoms with Gasteiger partial charge < -0.3 is 4.74 Å². The van der Waals surface area contributed by atoms with Crippen LogP contribution in [-0.2, 0) is 43.9 Å². The molecular weight excluding hydrogens is 719 g/mol. The van der Waals surface area contributed by atoms with Gasteiger partial charge in [0.1, 0.15) is 11.9 Å². The summed E-state index contributed by atoms with van der Waals surface area (Å²) < 4.78 is 103. The number of nitrogens with zero attached hydrogens (tertiary/aromatic N) is 2. The Morgan fingerprint density at radius 1 is 0.920 bits per heavy atom. The van der Waals surface area contributed by atoms with Crippen LogP contribution in [0, 0.1) is 13.8 Å². The van der Waals surface area contributed by atoms with E-state index in [2.05, 4.69) is 4.98 Å². The fraction of sp³-hybridized carbons (Fsp3) is 0.235. The molecule has 0 radical (unpaired) electrons. The molecule has 50 heavy (non-hydrogen) atoms. The summed E-state index contributed by atoms with van der Waals surface area (Å²) in [4.78, 5) is 16.5. The molecule has 16 heteroatoms. The Hall–Kier alpha value is -4.44. The van der Waals surface area contributed by atoms with Crippen LogP contribution in [-0.4, -0.2) is 43.1 Å².